The summed E-state index contributed by atoms with van der Waals surface area (Å²) in [6, 6.07) is 8.21. The number of para-hydroxylation sites is 1. The summed E-state index contributed by atoms with van der Waals surface area (Å²) in [4.78, 5) is 14.4. The highest BCUT2D eigenvalue weighted by atomic mass is 79.9. The van der Waals surface area contributed by atoms with E-state index in [2.05, 4.69) is 46.5 Å². The second-order valence-corrected chi connectivity index (χ2v) is 6.53. The summed E-state index contributed by atoms with van der Waals surface area (Å²) < 4.78 is 3.21. The number of likely N-dealkylation sites (tertiary alicyclic amines) is 1. The van der Waals surface area contributed by atoms with Gasteiger partial charge in [-0.1, -0.05) is 25.1 Å². The van der Waals surface area contributed by atoms with Gasteiger partial charge in [-0.05, 0) is 41.3 Å². The van der Waals surface area contributed by atoms with E-state index in [1.54, 1.807) is 0 Å². The van der Waals surface area contributed by atoms with Crippen molar-refractivity contribution < 1.29 is 4.79 Å². The van der Waals surface area contributed by atoms with Crippen LogP contribution in [0.2, 0.25) is 0 Å². The Morgan fingerprint density at radius 3 is 2.85 bits per heavy atom. The fourth-order valence-corrected chi connectivity index (χ4v) is 3.54. The van der Waals surface area contributed by atoms with Crippen molar-refractivity contribution in [1.29, 1.82) is 0 Å². The fraction of sp³-hybridized carbons (Fsp3) is 0.438. The molecule has 1 aliphatic rings. The molecule has 0 aliphatic carbocycles. The van der Waals surface area contributed by atoms with Crippen molar-refractivity contribution >= 4 is 32.7 Å². The number of carbonyl (C=O) groups is 1. The molecule has 0 saturated carbocycles. The van der Waals surface area contributed by atoms with E-state index >= 15 is 0 Å². The zero-order valence-corrected chi connectivity index (χ0v) is 13.5. The third kappa shape index (κ3) is 2.26. The summed E-state index contributed by atoms with van der Waals surface area (Å²) in [5, 5.41) is 1.17. The summed E-state index contributed by atoms with van der Waals surface area (Å²) in [5.74, 6) is 0.860. The van der Waals surface area contributed by atoms with Crippen LogP contribution in [0.5, 0.6) is 0 Å². The van der Waals surface area contributed by atoms with E-state index in [1.165, 1.54) is 5.39 Å². The third-order valence-corrected chi connectivity index (χ3v) is 5.22. The van der Waals surface area contributed by atoms with E-state index in [1.807, 2.05) is 17.0 Å². The van der Waals surface area contributed by atoms with Crippen molar-refractivity contribution in [1.82, 2.24) is 9.47 Å². The number of aromatic nitrogens is 1. The van der Waals surface area contributed by atoms with Crippen LogP contribution in [0, 0.1) is 12.8 Å². The van der Waals surface area contributed by atoms with Gasteiger partial charge in [0.15, 0.2) is 0 Å². The van der Waals surface area contributed by atoms with Gasteiger partial charge in [0.1, 0.15) is 6.54 Å². The van der Waals surface area contributed by atoms with Gasteiger partial charge in [-0.15, -0.1) is 0 Å². The second kappa shape index (κ2) is 5.24. The van der Waals surface area contributed by atoms with Gasteiger partial charge in [0, 0.05) is 34.2 Å². The molecule has 1 atom stereocenters. The Hall–Kier alpha value is -1.29. The predicted molar refractivity (Wildman–Crippen MR) is 84.7 cm³/mol. The number of rotatable bonds is 2. The highest BCUT2D eigenvalue weighted by molar-refractivity contribution is 9.10. The van der Waals surface area contributed by atoms with Crippen molar-refractivity contribution in [3.63, 3.8) is 0 Å². The smallest absolute Gasteiger partial charge is 0.242 e. The van der Waals surface area contributed by atoms with Crippen LogP contribution >= 0.6 is 15.9 Å². The highest BCUT2D eigenvalue weighted by Crippen LogP contribution is 2.30. The number of halogens is 1. The summed E-state index contributed by atoms with van der Waals surface area (Å²) in [6.07, 6.45) is 1.13. The summed E-state index contributed by atoms with van der Waals surface area (Å²) in [5.41, 5.74) is 2.24. The zero-order valence-electron chi connectivity index (χ0n) is 11.9. The Balaban J connectivity index is 1.91. The number of hydrogen-bond donors (Lipinski definition) is 0. The standard InChI is InChI=1S/C16H19BrN2O/c1-11-7-8-18(9-11)15(20)10-19-12(2)16(17)13-5-3-4-6-14(13)19/h3-6,11H,7-10H2,1-2H3. The van der Waals surface area contributed by atoms with E-state index in [4.69, 9.17) is 0 Å². The van der Waals surface area contributed by atoms with E-state index in [-0.39, 0.29) is 5.91 Å². The molecular weight excluding hydrogens is 316 g/mol. The van der Waals surface area contributed by atoms with E-state index in [0.29, 0.717) is 12.5 Å². The predicted octanol–water partition coefficient (Wildman–Crippen LogP) is 3.58. The Bertz CT molecular complexity index is 662. The number of carbonyl (C=O) groups excluding carboxylic acids is 1. The van der Waals surface area contributed by atoms with Gasteiger partial charge in [-0.3, -0.25) is 4.79 Å². The molecule has 1 aromatic heterocycles. The van der Waals surface area contributed by atoms with Crippen LogP contribution in [0.4, 0.5) is 0 Å². The maximum absolute atomic E-state index is 12.5. The molecule has 106 valence electrons. The van der Waals surface area contributed by atoms with Gasteiger partial charge >= 0.3 is 0 Å². The highest BCUT2D eigenvalue weighted by Gasteiger charge is 2.24. The van der Waals surface area contributed by atoms with Gasteiger partial charge in [-0.2, -0.15) is 0 Å². The SMILES string of the molecule is Cc1c(Br)c2ccccc2n1CC(=O)N1CCC(C)C1. The average molecular weight is 335 g/mol. The topological polar surface area (TPSA) is 25.2 Å². The van der Waals surface area contributed by atoms with Gasteiger partial charge in [-0.25, -0.2) is 0 Å². The minimum atomic E-state index is 0.228. The minimum Gasteiger partial charge on any atom is -0.341 e. The minimum absolute atomic E-state index is 0.228. The first-order valence-electron chi connectivity index (χ1n) is 7.09. The Morgan fingerprint density at radius 2 is 2.15 bits per heavy atom. The number of nitrogens with zero attached hydrogens (tertiary/aromatic N) is 2. The lowest BCUT2D eigenvalue weighted by molar-refractivity contribution is -0.130. The van der Waals surface area contributed by atoms with Crippen molar-refractivity contribution in [3.8, 4) is 0 Å². The molecule has 1 aliphatic heterocycles. The molecule has 0 N–H and O–H groups in total. The Kier molecular flexibility index (Phi) is 3.59. The van der Waals surface area contributed by atoms with Crippen molar-refractivity contribution in [2.75, 3.05) is 13.1 Å². The molecule has 1 fully saturated rings. The van der Waals surface area contributed by atoms with Gasteiger partial charge in [0.25, 0.3) is 0 Å². The Morgan fingerprint density at radius 1 is 1.40 bits per heavy atom. The summed E-state index contributed by atoms with van der Waals surface area (Å²) >= 11 is 3.64. The zero-order chi connectivity index (χ0) is 14.3. The van der Waals surface area contributed by atoms with Crippen LogP contribution in [-0.2, 0) is 11.3 Å². The van der Waals surface area contributed by atoms with Gasteiger partial charge < -0.3 is 9.47 Å². The summed E-state index contributed by atoms with van der Waals surface area (Å²) in [6.45, 7) is 6.51. The number of hydrogen-bond acceptors (Lipinski definition) is 1. The molecule has 3 rings (SSSR count). The number of benzene rings is 1. The van der Waals surface area contributed by atoms with Crippen molar-refractivity contribution in [2.24, 2.45) is 5.92 Å². The van der Waals surface area contributed by atoms with Crippen LogP contribution in [0.25, 0.3) is 10.9 Å². The monoisotopic (exact) mass is 334 g/mol. The van der Waals surface area contributed by atoms with E-state index < -0.39 is 0 Å². The molecule has 0 spiro atoms. The molecule has 4 heteroatoms. The van der Waals surface area contributed by atoms with Crippen LogP contribution in [0.1, 0.15) is 19.0 Å². The van der Waals surface area contributed by atoms with Crippen LogP contribution in [-0.4, -0.2) is 28.5 Å². The molecule has 20 heavy (non-hydrogen) atoms. The van der Waals surface area contributed by atoms with Crippen LogP contribution in [0.3, 0.4) is 0 Å². The third-order valence-electron chi connectivity index (χ3n) is 4.22. The van der Waals surface area contributed by atoms with E-state index in [0.717, 1.165) is 35.2 Å². The molecule has 3 nitrogen and oxygen atoms in total. The molecule has 1 saturated heterocycles. The summed E-state index contributed by atoms with van der Waals surface area (Å²) in [7, 11) is 0. The lowest BCUT2D eigenvalue weighted by Gasteiger charge is -2.17. The maximum atomic E-state index is 12.5. The Labute approximate surface area is 127 Å². The van der Waals surface area contributed by atoms with Crippen molar-refractivity contribution in [3.05, 3.63) is 34.4 Å². The second-order valence-electron chi connectivity index (χ2n) is 5.74. The maximum Gasteiger partial charge on any atom is 0.242 e. The average Bonchev–Trinajstić information content (AvgIpc) is 2.98. The molecule has 2 aromatic rings. The lowest BCUT2D eigenvalue weighted by atomic mass is 10.2. The lowest BCUT2D eigenvalue weighted by Crippen LogP contribution is -2.31. The largest absolute Gasteiger partial charge is 0.341 e. The van der Waals surface area contributed by atoms with Crippen LogP contribution < -0.4 is 0 Å². The number of fused-ring (bicyclic) bond motifs is 1. The molecule has 0 bridgehead atoms. The molecule has 2 heterocycles. The van der Waals surface area contributed by atoms with E-state index in [9.17, 15) is 4.79 Å². The quantitative estimate of drug-likeness (QED) is 0.823. The first kappa shape index (κ1) is 13.7. The van der Waals surface area contributed by atoms with Crippen molar-refractivity contribution in [2.45, 2.75) is 26.8 Å². The van der Waals surface area contributed by atoms with Gasteiger partial charge in [0.05, 0.1) is 0 Å². The molecular formula is C16H19BrN2O. The van der Waals surface area contributed by atoms with Crippen LogP contribution in [0.15, 0.2) is 28.7 Å². The molecule has 1 aromatic carbocycles. The molecule has 1 unspecified atom stereocenters. The number of amides is 1. The molecule has 0 radical (unpaired) electrons. The van der Waals surface area contributed by atoms with Gasteiger partial charge in [0.2, 0.25) is 5.91 Å². The normalized spacial score (nSPS) is 18.9. The molecule has 1 amide bonds. The fourth-order valence-electron chi connectivity index (χ4n) is 2.99. The first-order valence-corrected chi connectivity index (χ1v) is 7.88. The first-order chi connectivity index (χ1) is 9.58.